The summed E-state index contributed by atoms with van der Waals surface area (Å²) < 4.78 is 11.8. The number of pyridine rings is 1. The number of hydrogen-bond donors (Lipinski definition) is 0. The van der Waals surface area contributed by atoms with Crippen LogP contribution in [-0.2, 0) is 10.3 Å². The Morgan fingerprint density at radius 2 is 1.86 bits per heavy atom. The number of fused-ring (bicyclic) bond motifs is 1. The molecule has 0 unspecified atom stereocenters. The number of carbonyl (C=O) groups is 1. The van der Waals surface area contributed by atoms with Gasteiger partial charge in [-0.3, -0.25) is 4.79 Å². The molecule has 0 saturated heterocycles. The van der Waals surface area contributed by atoms with Crippen molar-refractivity contribution in [2.75, 3.05) is 14.2 Å². The summed E-state index contributed by atoms with van der Waals surface area (Å²) >= 11 is 0. The van der Waals surface area contributed by atoms with Crippen molar-refractivity contribution in [3.8, 4) is 5.75 Å². The molecule has 0 bridgehead atoms. The van der Waals surface area contributed by atoms with Gasteiger partial charge in [0.2, 0.25) is 5.43 Å². The van der Waals surface area contributed by atoms with Crippen molar-refractivity contribution in [2.24, 2.45) is 0 Å². The van der Waals surface area contributed by atoms with Gasteiger partial charge in [-0.25, -0.2) is 4.79 Å². The van der Waals surface area contributed by atoms with Crippen LogP contribution in [0.15, 0.2) is 29.2 Å². The lowest BCUT2D eigenvalue weighted by molar-refractivity contribution is 0.0598. The van der Waals surface area contributed by atoms with Crippen molar-refractivity contribution in [2.45, 2.75) is 26.3 Å². The van der Waals surface area contributed by atoms with Gasteiger partial charge in [-0.05, 0) is 32.9 Å². The maximum Gasteiger partial charge on any atom is 0.343 e. The van der Waals surface area contributed by atoms with Gasteiger partial charge in [0.25, 0.3) is 0 Å². The number of methoxy groups -OCH3 is 2. The molecule has 21 heavy (non-hydrogen) atoms. The number of nitrogens with zero attached hydrogens (tertiary/aromatic N) is 1. The first kappa shape index (κ1) is 15.1. The summed E-state index contributed by atoms with van der Waals surface area (Å²) in [6.07, 6.45) is 1.55. The second kappa shape index (κ2) is 5.24. The Kier molecular flexibility index (Phi) is 3.77. The van der Waals surface area contributed by atoms with E-state index in [1.165, 1.54) is 7.11 Å². The number of esters is 1. The van der Waals surface area contributed by atoms with Gasteiger partial charge in [0.1, 0.15) is 11.3 Å². The number of ether oxygens (including phenoxy) is 2. The number of aromatic nitrogens is 1. The van der Waals surface area contributed by atoms with Gasteiger partial charge < -0.3 is 14.0 Å². The molecule has 0 N–H and O–H groups in total. The lowest BCUT2D eigenvalue weighted by Crippen LogP contribution is -2.28. The predicted molar refractivity (Wildman–Crippen MR) is 81.1 cm³/mol. The van der Waals surface area contributed by atoms with E-state index in [4.69, 9.17) is 9.47 Å². The average Bonchev–Trinajstić information content (AvgIpc) is 2.45. The summed E-state index contributed by atoms with van der Waals surface area (Å²) in [4.78, 5) is 24.3. The summed E-state index contributed by atoms with van der Waals surface area (Å²) in [7, 11) is 2.84. The zero-order chi connectivity index (χ0) is 15.8. The fraction of sp³-hybridized carbons (Fsp3) is 0.375. The number of benzene rings is 1. The molecule has 112 valence electrons. The molecule has 1 heterocycles. The molecule has 1 aromatic carbocycles. The van der Waals surface area contributed by atoms with E-state index in [0.29, 0.717) is 11.1 Å². The lowest BCUT2D eigenvalue weighted by Gasteiger charge is -2.26. The average molecular weight is 289 g/mol. The summed E-state index contributed by atoms with van der Waals surface area (Å²) in [5.74, 6) is 0.0291. The molecule has 5 nitrogen and oxygen atoms in total. The molecule has 0 radical (unpaired) electrons. The minimum absolute atomic E-state index is 0.0325. The molecule has 2 aromatic rings. The van der Waals surface area contributed by atoms with E-state index in [1.807, 2.05) is 25.3 Å². The lowest BCUT2D eigenvalue weighted by atomic mass is 10.0. The summed E-state index contributed by atoms with van der Waals surface area (Å²) in [6, 6.07) is 5.17. The second-order valence-electron chi connectivity index (χ2n) is 5.79. The summed E-state index contributed by atoms with van der Waals surface area (Å²) in [6.45, 7) is 5.99. The van der Waals surface area contributed by atoms with Crippen molar-refractivity contribution in [3.63, 3.8) is 0 Å². The number of hydrogen-bond acceptors (Lipinski definition) is 4. The molecule has 2 rings (SSSR count). The Labute approximate surface area is 123 Å². The van der Waals surface area contributed by atoms with Crippen LogP contribution in [-0.4, -0.2) is 24.8 Å². The predicted octanol–water partition coefficient (Wildman–Crippen LogP) is 2.55. The van der Waals surface area contributed by atoms with Gasteiger partial charge in [-0.15, -0.1) is 0 Å². The van der Waals surface area contributed by atoms with Crippen LogP contribution >= 0.6 is 0 Å². The SMILES string of the molecule is COC(=O)c1cn(C(C)(C)C)c2cc(OC)ccc2c1=O. The van der Waals surface area contributed by atoms with Crippen molar-refractivity contribution in [1.82, 2.24) is 4.57 Å². The number of rotatable bonds is 2. The molecule has 0 aliphatic heterocycles. The molecule has 0 atom stereocenters. The maximum atomic E-state index is 12.5. The molecule has 1 aromatic heterocycles. The van der Waals surface area contributed by atoms with Crippen LogP contribution in [0, 0.1) is 0 Å². The van der Waals surface area contributed by atoms with Crippen LogP contribution in [0.25, 0.3) is 10.9 Å². The highest BCUT2D eigenvalue weighted by Crippen LogP contribution is 2.25. The smallest absolute Gasteiger partial charge is 0.343 e. The van der Waals surface area contributed by atoms with Crippen LogP contribution in [0.4, 0.5) is 0 Å². The van der Waals surface area contributed by atoms with E-state index in [2.05, 4.69) is 0 Å². The first-order valence-corrected chi connectivity index (χ1v) is 6.62. The molecule has 0 aliphatic carbocycles. The molecule has 5 heteroatoms. The van der Waals surface area contributed by atoms with Crippen molar-refractivity contribution in [3.05, 3.63) is 40.2 Å². The van der Waals surface area contributed by atoms with Gasteiger partial charge >= 0.3 is 5.97 Å². The molecule has 0 amide bonds. The highest BCUT2D eigenvalue weighted by atomic mass is 16.5. The summed E-state index contributed by atoms with van der Waals surface area (Å²) in [5, 5.41) is 0.466. The first-order valence-electron chi connectivity index (χ1n) is 6.62. The Morgan fingerprint density at radius 1 is 1.19 bits per heavy atom. The topological polar surface area (TPSA) is 57.5 Å². The van der Waals surface area contributed by atoms with E-state index in [1.54, 1.807) is 31.5 Å². The fourth-order valence-electron chi connectivity index (χ4n) is 2.24. The van der Waals surface area contributed by atoms with E-state index in [0.717, 1.165) is 5.52 Å². The fourth-order valence-corrected chi connectivity index (χ4v) is 2.24. The van der Waals surface area contributed by atoms with Gasteiger partial charge in [-0.2, -0.15) is 0 Å². The van der Waals surface area contributed by atoms with Crippen LogP contribution in [0.2, 0.25) is 0 Å². The summed E-state index contributed by atoms with van der Waals surface area (Å²) in [5.41, 5.74) is 0.116. The minimum atomic E-state index is -0.629. The molecule has 0 saturated carbocycles. The van der Waals surface area contributed by atoms with E-state index < -0.39 is 5.97 Å². The van der Waals surface area contributed by atoms with Crippen molar-refractivity contribution >= 4 is 16.9 Å². The molecule has 0 spiro atoms. The second-order valence-corrected chi connectivity index (χ2v) is 5.79. The van der Waals surface area contributed by atoms with Crippen LogP contribution in [0.3, 0.4) is 0 Å². The van der Waals surface area contributed by atoms with E-state index in [9.17, 15) is 9.59 Å². The third kappa shape index (κ3) is 2.63. The van der Waals surface area contributed by atoms with Crippen molar-refractivity contribution in [1.29, 1.82) is 0 Å². The van der Waals surface area contributed by atoms with Crippen LogP contribution < -0.4 is 10.2 Å². The third-order valence-corrected chi connectivity index (χ3v) is 3.34. The van der Waals surface area contributed by atoms with Gasteiger partial charge in [0, 0.05) is 23.2 Å². The maximum absolute atomic E-state index is 12.5. The quantitative estimate of drug-likeness (QED) is 0.797. The normalized spacial score (nSPS) is 11.5. The van der Waals surface area contributed by atoms with Crippen LogP contribution in [0.1, 0.15) is 31.1 Å². The highest BCUT2D eigenvalue weighted by molar-refractivity contribution is 5.94. The largest absolute Gasteiger partial charge is 0.497 e. The minimum Gasteiger partial charge on any atom is -0.497 e. The highest BCUT2D eigenvalue weighted by Gasteiger charge is 2.21. The third-order valence-electron chi connectivity index (χ3n) is 3.34. The molecule has 0 fully saturated rings. The van der Waals surface area contributed by atoms with Gasteiger partial charge in [0.15, 0.2) is 0 Å². The Bertz CT molecular complexity index is 753. The van der Waals surface area contributed by atoms with Crippen LogP contribution in [0.5, 0.6) is 5.75 Å². The Hall–Kier alpha value is -2.30. The standard InChI is InChI=1S/C16H19NO4/c1-16(2,3)17-9-12(15(19)21-5)14(18)11-7-6-10(20-4)8-13(11)17/h6-9H,1-5H3. The monoisotopic (exact) mass is 289 g/mol. The number of carbonyl (C=O) groups excluding carboxylic acids is 1. The first-order chi connectivity index (χ1) is 9.79. The molecule has 0 aliphatic rings. The Balaban J connectivity index is 2.93. The van der Waals surface area contributed by atoms with E-state index >= 15 is 0 Å². The zero-order valence-corrected chi connectivity index (χ0v) is 12.9. The zero-order valence-electron chi connectivity index (χ0n) is 12.9. The van der Waals surface area contributed by atoms with Crippen molar-refractivity contribution < 1.29 is 14.3 Å². The molecular weight excluding hydrogens is 270 g/mol. The van der Waals surface area contributed by atoms with E-state index in [-0.39, 0.29) is 16.5 Å². The van der Waals surface area contributed by atoms with Gasteiger partial charge in [-0.1, -0.05) is 0 Å². The van der Waals surface area contributed by atoms with Gasteiger partial charge in [0.05, 0.1) is 19.7 Å². The molecular formula is C16H19NO4. The Morgan fingerprint density at radius 3 is 2.38 bits per heavy atom.